The second kappa shape index (κ2) is 3.10. The van der Waals surface area contributed by atoms with E-state index >= 15 is 0 Å². The molecule has 0 aromatic rings. The number of rotatable bonds is 1. The smallest absolute Gasteiger partial charge is 0.0108 e. The van der Waals surface area contributed by atoms with Gasteiger partial charge in [-0.2, -0.15) is 0 Å². The molecule has 0 radical (unpaired) electrons. The quantitative estimate of drug-likeness (QED) is 0.576. The fraction of sp³-hybridized carbons (Fsp3) is 0.846. The summed E-state index contributed by atoms with van der Waals surface area (Å²) in [4.78, 5) is 2.75. The van der Waals surface area contributed by atoms with Crippen molar-refractivity contribution in [1.82, 2.24) is 4.90 Å². The van der Waals surface area contributed by atoms with Crippen LogP contribution < -0.4 is 0 Å². The minimum atomic E-state index is 0.761. The van der Waals surface area contributed by atoms with E-state index < -0.39 is 0 Å². The summed E-state index contributed by atoms with van der Waals surface area (Å²) in [5, 5.41) is 0. The van der Waals surface area contributed by atoms with Gasteiger partial charge in [-0.1, -0.05) is 18.9 Å². The van der Waals surface area contributed by atoms with Crippen LogP contribution in [0.1, 0.15) is 38.5 Å². The van der Waals surface area contributed by atoms with Gasteiger partial charge in [0.2, 0.25) is 0 Å². The summed E-state index contributed by atoms with van der Waals surface area (Å²) in [7, 11) is 0. The van der Waals surface area contributed by atoms with Crippen LogP contribution in [-0.4, -0.2) is 24.0 Å². The van der Waals surface area contributed by atoms with Gasteiger partial charge in [-0.3, -0.25) is 4.90 Å². The molecule has 3 aliphatic rings. The monoisotopic (exact) mass is 191 g/mol. The van der Waals surface area contributed by atoms with Gasteiger partial charge in [0, 0.05) is 19.1 Å². The molecule has 0 aromatic heterocycles. The van der Waals surface area contributed by atoms with E-state index in [0.717, 1.165) is 17.4 Å². The molecular formula is C13H21N. The Labute approximate surface area is 87.2 Å². The van der Waals surface area contributed by atoms with E-state index in [-0.39, 0.29) is 0 Å². The topological polar surface area (TPSA) is 3.24 Å². The molecule has 2 saturated heterocycles. The average molecular weight is 191 g/mol. The molecule has 78 valence electrons. The Morgan fingerprint density at radius 1 is 1.29 bits per heavy atom. The number of fused-ring (bicyclic) bond motifs is 1. The van der Waals surface area contributed by atoms with Crippen molar-refractivity contribution in [1.29, 1.82) is 0 Å². The molecular weight excluding hydrogens is 170 g/mol. The van der Waals surface area contributed by atoms with Gasteiger partial charge >= 0.3 is 0 Å². The van der Waals surface area contributed by atoms with Crippen LogP contribution in [-0.2, 0) is 0 Å². The lowest BCUT2D eigenvalue weighted by Crippen LogP contribution is -2.26. The SMILES string of the molecule is C=C[C@H]1C[C@@H]2CC3(CCCC3)CN2C1. The second-order valence-corrected chi connectivity index (χ2v) is 5.73. The van der Waals surface area contributed by atoms with Crippen molar-refractivity contribution in [2.75, 3.05) is 13.1 Å². The summed E-state index contributed by atoms with van der Waals surface area (Å²) >= 11 is 0. The summed E-state index contributed by atoms with van der Waals surface area (Å²) in [5.41, 5.74) is 0.761. The predicted molar refractivity (Wildman–Crippen MR) is 59.2 cm³/mol. The van der Waals surface area contributed by atoms with Gasteiger partial charge in [0.05, 0.1) is 0 Å². The third kappa shape index (κ3) is 1.25. The van der Waals surface area contributed by atoms with Crippen LogP contribution in [0.25, 0.3) is 0 Å². The van der Waals surface area contributed by atoms with Gasteiger partial charge in [-0.25, -0.2) is 0 Å². The highest BCUT2D eigenvalue weighted by Crippen LogP contribution is 2.50. The minimum Gasteiger partial charge on any atom is -0.299 e. The van der Waals surface area contributed by atoms with E-state index in [9.17, 15) is 0 Å². The first kappa shape index (κ1) is 8.96. The van der Waals surface area contributed by atoms with E-state index in [4.69, 9.17) is 0 Å². The van der Waals surface area contributed by atoms with Gasteiger partial charge in [0.15, 0.2) is 0 Å². The van der Waals surface area contributed by atoms with E-state index in [1.165, 1.54) is 51.6 Å². The summed E-state index contributed by atoms with van der Waals surface area (Å²) in [6.45, 7) is 6.64. The Hall–Kier alpha value is -0.300. The average Bonchev–Trinajstić information content (AvgIpc) is 2.81. The van der Waals surface area contributed by atoms with Crippen molar-refractivity contribution in [3.63, 3.8) is 0 Å². The Morgan fingerprint density at radius 2 is 2.07 bits per heavy atom. The summed E-state index contributed by atoms with van der Waals surface area (Å²) in [6.07, 6.45) is 11.1. The Balaban J connectivity index is 1.70. The van der Waals surface area contributed by atoms with E-state index in [0.29, 0.717) is 0 Å². The molecule has 0 N–H and O–H groups in total. The molecule has 2 heterocycles. The van der Waals surface area contributed by atoms with Crippen molar-refractivity contribution in [2.45, 2.75) is 44.6 Å². The van der Waals surface area contributed by atoms with Gasteiger partial charge in [-0.15, -0.1) is 6.58 Å². The maximum atomic E-state index is 3.93. The zero-order valence-corrected chi connectivity index (χ0v) is 9.04. The molecule has 14 heavy (non-hydrogen) atoms. The van der Waals surface area contributed by atoms with Crippen LogP contribution in [0.3, 0.4) is 0 Å². The molecule has 2 aliphatic heterocycles. The molecule has 1 heteroatoms. The largest absolute Gasteiger partial charge is 0.299 e. The summed E-state index contributed by atoms with van der Waals surface area (Å²) < 4.78 is 0. The van der Waals surface area contributed by atoms with E-state index in [1.807, 2.05) is 0 Å². The van der Waals surface area contributed by atoms with E-state index in [1.54, 1.807) is 0 Å². The van der Waals surface area contributed by atoms with Crippen LogP contribution in [0.4, 0.5) is 0 Å². The van der Waals surface area contributed by atoms with Gasteiger partial charge in [0.1, 0.15) is 0 Å². The second-order valence-electron chi connectivity index (χ2n) is 5.73. The van der Waals surface area contributed by atoms with Crippen molar-refractivity contribution in [2.24, 2.45) is 11.3 Å². The summed E-state index contributed by atoms with van der Waals surface area (Å²) in [5.74, 6) is 0.791. The van der Waals surface area contributed by atoms with Crippen LogP contribution in [0.15, 0.2) is 12.7 Å². The van der Waals surface area contributed by atoms with E-state index in [2.05, 4.69) is 17.6 Å². The zero-order valence-electron chi connectivity index (χ0n) is 9.04. The Kier molecular flexibility index (Phi) is 1.98. The number of hydrogen-bond donors (Lipinski definition) is 0. The molecule has 0 amide bonds. The molecule has 0 unspecified atom stereocenters. The molecule has 1 spiro atoms. The van der Waals surface area contributed by atoms with Gasteiger partial charge in [-0.05, 0) is 37.0 Å². The van der Waals surface area contributed by atoms with Crippen LogP contribution in [0.2, 0.25) is 0 Å². The maximum Gasteiger partial charge on any atom is 0.0108 e. The van der Waals surface area contributed by atoms with Crippen LogP contribution in [0, 0.1) is 11.3 Å². The molecule has 1 nitrogen and oxygen atoms in total. The number of nitrogens with zero attached hydrogens (tertiary/aromatic N) is 1. The van der Waals surface area contributed by atoms with Crippen molar-refractivity contribution < 1.29 is 0 Å². The zero-order chi connectivity index (χ0) is 9.60. The first-order chi connectivity index (χ1) is 6.81. The third-order valence-electron chi connectivity index (χ3n) is 4.76. The van der Waals surface area contributed by atoms with Gasteiger partial charge in [0.25, 0.3) is 0 Å². The predicted octanol–water partition coefficient (Wildman–Crippen LogP) is 2.83. The lowest BCUT2D eigenvalue weighted by molar-refractivity contribution is 0.262. The first-order valence-electron chi connectivity index (χ1n) is 6.18. The number of hydrogen-bond acceptors (Lipinski definition) is 1. The highest BCUT2D eigenvalue weighted by molar-refractivity contribution is 5.04. The lowest BCUT2D eigenvalue weighted by atomic mass is 9.82. The van der Waals surface area contributed by atoms with Crippen molar-refractivity contribution >= 4 is 0 Å². The Bertz CT molecular complexity index is 224. The molecule has 2 atom stereocenters. The van der Waals surface area contributed by atoms with Crippen LogP contribution >= 0.6 is 0 Å². The first-order valence-corrected chi connectivity index (χ1v) is 6.18. The van der Waals surface area contributed by atoms with Gasteiger partial charge < -0.3 is 0 Å². The minimum absolute atomic E-state index is 0.761. The molecule has 3 rings (SSSR count). The van der Waals surface area contributed by atoms with Crippen molar-refractivity contribution in [3.8, 4) is 0 Å². The van der Waals surface area contributed by atoms with Crippen LogP contribution in [0.5, 0.6) is 0 Å². The highest BCUT2D eigenvalue weighted by Gasteiger charge is 2.48. The Morgan fingerprint density at radius 3 is 2.71 bits per heavy atom. The molecule has 0 aromatic carbocycles. The fourth-order valence-electron chi connectivity index (χ4n) is 4.08. The third-order valence-corrected chi connectivity index (χ3v) is 4.76. The standard InChI is InChI=1S/C13H21N/c1-2-11-7-12-8-13(5-3-4-6-13)10-14(12)9-11/h2,11-12H,1,3-10H2/t11-,12+/m0/s1. The maximum absolute atomic E-state index is 3.93. The normalized spacial score (nSPS) is 40.6. The lowest BCUT2D eigenvalue weighted by Gasteiger charge is -2.23. The molecule has 0 bridgehead atoms. The molecule has 1 saturated carbocycles. The molecule has 1 aliphatic carbocycles. The molecule has 3 fully saturated rings. The summed E-state index contributed by atoms with van der Waals surface area (Å²) in [6, 6.07) is 0.913. The fourth-order valence-corrected chi connectivity index (χ4v) is 4.08. The highest BCUT2D eigenvalue weighted by atomic mass is 15.2. The van der Waals surface area contributed by atoms with Crippen molar-refractivity contribution in [3.05, 3.63) is 12.7 Å².